The van der Waals surface area contributed by atoms with Gasteiger partial charge in [-0.3, -0.25) is 10.9 Å². The van der Waals surface area contributed by atoms with Crippen molar-refractivity contribution in [3.8, 4) is 0 Å². The minimum Gasteiger partial charge on any atom is -0.317 e. The molecule has 2 aliphatic rings. The van der Waals surface area contributed by atoms with Crippen molar-refractivity contribution in [2.75, 3.05) is 5.43 Å². The molecule has 6 nitrogen and oxygen atoms in total. The molecular formula is C11H14ClN5O. The van der Waals surface area contributed by atoms with E-state index in [9.17, 15) is 4.79 Å². The van der Waals surface area contributed by atoms with Gasteiger partial charge in [-0.25, -0.2) is 14.8 Å². The molecule has 3 rings (SSSR count). The van der Waals surface area contributed by atoms with Gasteiger partial charge in [0.15, 0.2) is 11.0 Å². The highest BCUT2D eigenvalue weighted by Gasteiger charge is 2.42. The molecule has 2 amide bonds. The van der Waals surface area contributed by atoms with Crippen LogP contribution in [0.1, 0.15) is 25.7 Å². The van der Waals surface area contributed by atoms with Crippen LogP contribution >= 0.6 is 11.6 Å². The molecule has 2 aliphatic heterocycles. The van der Waals surface area contributed by atoms with Crippen LogP contribution in [0.15, 0.2) is 12.4 Å². The largest absolute Gasteiger partial charge is 0.336 e. The highest BCUT2D eigenvalue weighted by Crippen LogP contribution is 2.37. The van der Waals surface area contributed by atoms with Crippen LogP contribution < -0.4 is 10.9 Å². The number of urea groups is 1. The van der Waals surface area contributed by atoms with Crippen molar-refractivity contribution in [1.29, 1.82) is 0 Å². The zero-order valence-electron chi connectivity index (χ0n) is 9.77. The number of hydrazine groups is 1. The molecule has 2 N–H and O–H groups in total. The van der Waals surface area contributed by atoms with Gasteiger partial charge in [-0.15, -0.1) is 0 Å². The number of aromatic nitrogens is 2. The Morgan fingerprint density at radius 3 is 2.44 bits per heavy atom. The van der Waals surface area contributed by atoms with E-state index < -0.39 is 0 Å². The summed E-state index contributed by atoms with van der Waals surface area (Å²) in [5, 5.41) is 0.238. The highest BCUT2D eigenvalue weighted by molar-refractivity contribution is 6.31. The maximum Gasteiger partial charge on any atom is 0.336 e. The van der Waals surface area contributed by atoms with Gasteiger partial charge in [0.05, 0.1) is 0 Å². The zero-order chi connectivity index (χ0) is 12.5. The monoisotopic (exact) mass is 267 g/mol. The first-order valence-corrected chi connectivity index (χ1v) is 6.44. The van der Waals surface area contributed by atoms with Gasteiger partial charge in [0.2, 0.25) is 0 Å². The van der Waals surface area contributed by atoms with Gasteiger partial charge in [-0.1, -0.05) is 11.6 Å². The van der Waals surface area contributed by atoms with Crippen LogP contribution in [0.5, 0.6) is 0 Å². The standard InChI is InChI=1S/C11H14ClN5O/c12-9-10(14-6-5-13-9)15-16-11(18)17-7-1-2-8(17)4-3-7/h5-8H,1-4H2,(H,14,15)(H,16,18). The van der Waals surface area contributed by atoms with Gasteiger partial charge < -0.3 is 4.90 Å². The Labute approximate surface area is 110 Å². The minimum atomic E-state index is -0.110. The van der Waals surface area contributed by atoms with Gasteiger partial charge in [-0.2, -0.15) is 0 Å². The van der Waals surface area contributed by atoms with Crippen LogP contribution in [0.3, 0.4) is 0 Å². The Bertz CT molecular complexity index is 449. The maximum absolute atomic E-state index is 12.1. The number of hydrogen-bond donors (Lipinski definition) is 2. The molecule has 2 fully saturated rings. The first-order chi connectivity index (χ1) is 8.75. The van der Waals surface area contributed by atoms with Gasteiger partial charge in [0.25, 0.3) is 0 Å². The lowest BCUT2D eigenvalue weighted by molar-refractivity contribution is 0.194. The van der Waals surface area contributed by atoms with Crippen LogP contribution in [-0.2, 0) is 0 Å². The summed E-state index contributed by atoms with van der Waals surface area (Å²) >= 11 is 5.84. The Morgan fingerprint density at radius 1 is 1.22 bits per heavy atom. The molecule has 0 unspecified atom stereocenters. The van der Waals surface area contributed by atoms with E-state index in [0.717, 1.165) is 25.7 Å². The summed E-state index contributed by atoms with van der Waals surface area (Å²) in [5.74, 6) is 0.360. The molecule has 3 heterocycles. The van der Waals surface area contributed by atoms with Crippen LogP contribution in [0.25, 0.3) is 0 Å². The molecule has 0 saturated carbocycles. The average molecular weight is 268 g/mol. The quantitative estimate of drug-likeness (QED) is 0.802. The maximum atomic E-state index is 12.1. The zero-order valence-corrected chi connectivity index (χ0v) is 10.5. The summed E-state index contributed by atoms with van der Waals surface area (Å²) in [5.41, 5.74) is 5.34. The lowest BCUT2D eigenvalue weighted by Crippen LogP contribution is -2.45. The normalized spacial score (nSPS) is 25.3. The van der Waals surface area contributed by atoms with Gasteiger partial charge in [-0.05, 0) is 25.7 Å². The van der Waals surface area contributed by atoms with Crippen molar-refractivity contribution in [2.45, 2.75) is 37.8 Å². The topological polar surface area (TPSA) is 70.1 Å². The fourth-order valence-corrected chi connectivity index (χ4v) is 2.98. The summed E-state index contributed by atoms with van der Waals surface area (Å²) in [4.78, 5) is 21.8. The molecule has 0 aromatic carbocycles. The third kappa shape index (κ3) is 1.96. The van der Waals surface area contributed by atoms with Gasteiger partial charge in [0.1, 0.15) is 0 Å². The number of nitrogens with one attached hydrogen (secondary N) is 2. The Hall–Kier alpha value is -1.56. The third-order valence-electron chi connectivity index (χ3n) is 3.63. The average Bonchev–Trinajstić information content (AvgIpc) is 2.97. The first-order valence-electron chi connectivity index (χ1n) is 6.06. The number of anilines is 1. The van der Waals surface area contributed by atoms with Crippen molar-refractivity contribution in [1.82, 2.24) is 20.3 Å². The SMILES string of the molecule is O=C(NNc1nccnc1Cl)N1C2CCC1CC2. The smallest absolute Gasteiger partial charge is 0.317 e. The Morgan fingerprint density at radius 2 is 1.83 bits per heavy atom. The van der Waals surface area contributed by atoms with Crippen molar-refractivity contribution in [2.24, 2.45) is 0 Å². The van der Waals surface area contributed by atoms with Crippen molar-refractivity contribution >= 4 is 23.4 Å². The number of hydrogen-bond acceptors (Lipinski definition) is 4. The van der Waals surface area contributed by atoms with E-state index >= 15 is 0 Å². The molecule has 0 atom stereocenters. The van der Waals surface area contributed by atoms with Crippen LogP contribution in [0.4, 0.5) is 10.6 Å². The van der Waals surface area contributed by atoms with Crippen molar-refractivity contribution in [3.05, 3.63) is 17.5 Å². The lowest BCUT2D eigenvalue weighted by atomic mass is 10.0. The van der Waals surface area contributed by atoms with Crippen LogP contribution in [0, 0.1) is 0 Å². The fourth-order valence-electron chi connectivity index (χ4n) is 2.83. The van der Waals surface area contributed by atoms with Gasteiger partial charge >= 0.3 is 6.03 Å². The van der Waals surface area contributed by atoms with Crippen LogP contribution in [-0.4, -0.2) is 33.0 Å². The van der Waals surface area contributed by atoms with E-state index in [-0.39, 0.29) is 11.2 Å². The first kappa shape index (κ1) is 11.5. The Balaban J connectivity index is 1.61. The molecule has 2 saturated heterocycles. The fraction of sp³-hybridized carbons (Fsp3) is 0.545. The molecule has 18 heavy (non-hydrogen) atoms. The summed E-state index contributed by atoms with van der Waals surface area (Å²) in [6.45, 7) is 0. The van der Waals surface area contributed by atoms with E-state index in [4.69, 9.17) is 11.6 Å². The molecule has 2 bridgehead atoms. The predicted molar refractivity (Wildman–Crippen MR) is 67.1 cm³/mol. The number of fused-ring (bicyclic) bond motifs is 2. The Kier molecular flexibility index (Phi) is 2.95. The molecule has 96 valence electrons. The molecular weight excluding hydrogens is 254 g/mol. The van der Waals surface area contributed by atoms with Gasteiger partial charge in [0, 0.05) is 24.5 Å². The number of carbonyl (C=O) groups excluding carboxylic acids is 1. The predicted octanol–water partition coefficient (Wildman–Crippen LogP) is 1.79. The summed E-state index contributed by atoms with van der Waals surface area (Å²) in [6, 6.07) is 0.685. The minimum absolute atomic E-state index is 0.110. The second kappa shape index (κ2) is 4.61. The van der Waals surface area contributed by atoms with Crippen LogP contribution in [0.2, 0.25) is 5.15 Å². The van der Waals surface area contributed by atoms with E-state index in [1.807, 2.05) is 4.90 Å². The number of amides is 2. The lowest BCUT2D eigenvalue weighted by Gasteiger charge is -2.22. The molecule has 0 aliphatic carbocycles. The molecule has 0 spiro atoms. The molecule has 0 radical (unpaired) electrons. The molecule has 7 heteroatoms. The molecule has 1 aromatic rings. The summed E-state index contributed by atoms with van der Waals surface area (Å²) in [7, 11) is 0. The van der Waals surface area contributed by atoms with Crippen molar-refractivity contribution < 1.29 is 4.79 Å². The number of carbonyl (C=O) groups is 1. The summed E-state index contributed by atoms with van der Waals surface area (Å²) < 4.78 is 0. The molecule has 1 aromatic heterocycles. The second-order valence-corrected chi connectivity index (χ2v) is 4.98. The van der Waals surface area contributed by atoms with E-state index in [2.05, 4.69) is 20.8 Å². The third-order valence-corrected chi connectivity index (χ3v) is 3.91. The second-order valence-electron chi connectivity index (χ2n) is 4.62. The highest BCUT2D eigenvalue weighted by atomic mass is 35.5. The van der Waals surface area contributed by atoms with E-state index in [1.165, 1.54) is 12.4 Å². The number of rotatable bonds is 2. The van der Waals surface area contributed by atoms with E-state index in [0.29, 0.717) is 17.9 Å². The summed E-state index contributed by atoms with van der Waals surface area (Å²) in [6.07, 6.45) is 7.47. The number of halogens is 1. The van der Waals surface area contributed by atoms with Crippen molar-refractivity contribution in [3.63, 3.8) is 0 Å². The number of nitrogens with zero attached hydrogens (tertiary/aromatic N) is 3. The van der Waals surface area contributed by atoms with E-state index in [1.54, 1.807) is 0 Å².